The van der Waals surface area contributed by atoms with Crippen molar-refractivity contribution in [3.8, 4) is 28.4 Å². The monoisotopic (exact) mass is 439 g/mol. The van der Waals surface area contributed by atoms with Gasteiger partial charge in [-0.15, -0.1) is 16.4 Å². The normalized spacial score (nSPS) is 12.2. The Labute approximate surface area is 180 Å². The zero-order valence-electron chi connectivity index (χ0n) is 15.6. The molecule has 2 aromatic heterocycles. The fourth-order valence-corrected chi connectivity index (χ4v) is 3.88. The van der Waals surface area contributed by atoms with Gasteiger partial charge in [-0.1, -0.05) is 17.7 Å². The Morgan fingerprint density at radius 2 is 2.03 bits per heavy atom. The molecule has 1 N–H and O–H groups in total. The number of fused-ring (bicyclic) bond motifs is 1. The van der Waals surface area contributed by atoms with Gasteiger partial charge in [-0.05, 0) is 43.3 Å². The molecule has 1 aliphatic rings. The van der Waals surface area contributed by atoms with Gasteiger partial charge in [0.2, 0.25) is 6.79 Å². The zero-order chi connectivity index (χ0) is 20.7. The quantitative estimate of drug-likeness (QED) is 0.508. The summed E-state index contributed by atoms with van der Waals surface area (Å²) in [6.07, 6.45) is 0. The van der Waals surface area contributed by atoms with Gasteiger partial charge in [-0.25, -0.2) is 4.98 Å². The first-order valence-electron chi connectivity index (χ1n) is 8.93. The molecule has 5 rings (SSSR count). The molecule has 2 aromatic carbocycles. The van der Waals surface area contributed by atoms with Crippen LogP contribution in [-0.2, 0) is 0 Å². The predicted octanol–water partition coefficient (Wildman–Crippen LogP) is 4.33. The van der Waals surface area contributed by atoms with Gasteiger partial charge in [0.15, 0.2) is 22.3 Å². The highest BCUT2D eigenvalue weighted by molar-refractivity contribution is 7.14. The average Bonchev–Trinajstić information content (AvgIpc) is 3.46. The molecule has 30 heavy (non-hydrogen) atoms. The number of aromatic nitrogens is 4. The van der Waals surface area contributed by atoms with Crippen LogP contribution in [0.1, 0.15) is 16.2 Å². The number of amides is 1. The lowest BCUT2D eigenvalue weighted by molar-refractivity contribution is 0.102. The molecule has 4 aromatic rings. The number of anilines is 1. The first-order chi connectivity index (χ1) is 14.6. The summed E-state index contributed by atoms with van der Waals surface area (Å²) >= 11 is 7.35. The SMILES string of the molecule is Cc1nn(-c2cccc(Cl)c2)nc1C(=O)Nc1nc(-c2ccc3c(c2)OCO3)cs1. The molecule has 0 fully saturated rings. The molecule has 0 atom stereocenters. The third-order valence-corrected chi connectivity index (χ3v) is 5.42. The fraction of sp³-hybridized carbons (Fsp3) is 0.100. The van der Waals surface area contributed by atoms with Crippen molar-refractivity contribution in [3.05, 3.63) is 64.3 Å². The summed E-state index contributed by atoms with van der Waals surface area (Å²) < 4.78 is 10.7. The summed E-state index contributed by atoms with van der Waals surface area (Å²) in [6, 6.07) is 12.7. The summed E-state index contributed by atoms with van der Waals surface area (Å²) in [7, 11) is 0. The molecule has 0 aliphatic carbocycles. The van der Waals surface area contributed by atoms with Crippen LogP contribution in [0.2, 0.25) is 5.02 Å². The molecule has 3 heterocycles. The standard InChI is InChI=1S/C20H14ClN5O3S/c1-11-18(25-26(24-11)14-4-2-3-13(21)8-14)19(27)23-20-22-15(9-30-20)12-5-6-16-17(7-12)29-10-28-16/h2-9H,10H2,1H3,(H,22,23,27). The van der Waals surface area contributed by atoms with Crippen molar-refractivity contribution in [2.45, 2.75) is 6.92 Å². The van der Waals surface area contributed by atoms with E-state index in [2.05, 4.69) is 20.5 Å². The third kappa shape index (κ3) is 3.49. The van der Waals surface area contributed by atoms with Gasteiger partial charge < -0.3 is 9.47 Å². The van der Waals surface area contributed by atoms with Crippen molar-refractivity contribution in [2.75, 3.05) is 12.1 Å². The molecule has 8 nitrogen and oxygen atoms in total. The van der Waals surface area contributed by atoms with Gasteiger partial charge in [-0.3, -0.25) is 10.1 Å². The Kier molecular flexibility index (Phi) is 4.61. The average molecular weight is 440 g/mol. The number of carbonyl (C=O) groups excluding carboxylic acids is 1. The Hall–Kier alpha value is -3.43. The summed E-state index contributed by atoms with van der Waals surface area (Å²) in [5.74, 6) is 1.01. The van der Waals surface area contributed by atoms with E-state index in [0.29, 0.717) is 33.0 Å². The summed E-state index contributed by atoms with van der Waals surface area (Å²) in [5, 5.41) is 14.3. The second-order valence-corrected chi connectivity index (χ2v) is 7.76. The number of rotatable bonds is 4. The Morgan fingerprint density at radius 3 is 2.90 bits per heavy atom. The van der Waals surface area contributed by atoms with E-state index in [1.165, 1.54) is 16.1 Å². The number of nitrogens with zero attached hydrogens (tertiary/aromatic N) is 4. The fourth-order valence-electron chi connectivity index (χ4n) is 2.98. The molecule has 0 spiro atoms. The van der Waals surface area contributed by atoms with E-state index in [4.69, 9.17) is 21.1 Å². The number of benzene rings is 2. The number of aryl methyl sites for hydroxylation is 1. The Morgan fingerprint density at radius 1 is 1.17 bits per heavy atom. The summed E-state index contributed by atoms with van der Waals surface area (Å²) in [5.41, 5.74) is 2.99. The number of carbonyl (C=O) groups is 1. The second-order valence-electron chi connectivity index (χ2n) is 6.46. The smallest absolute Gasteiger partial charge is 0.279 e. The first kappa shape index (κ1) is 18.6. The molecule has 0 unspecified atom stereocenters. The maximum Gasteiger partial charge on any atom is 0.279 e. The molecule has 1 aliphatic heterocycles. The van der Waals surface area contributed by atoms with Crippen LogP contribution in [0.4, 0.5) is 5.13 Å². The van der Waals surface area contributed by atoms with Gasteiger partial charge in [0, 0.05) is 16.0 Å². The molecular weight excluding hydrogens is 426 g/mol. The van der Waals surface area contributed by atoms with E-state index >= 15 is 0 Å². The van der Waals surface area contributed by atoms with Crippen molar-refractivity contribution >= 4 is 34.0 Å². The lowest BCUT2D eigenvalue weighted by atomic mass is 10.1. The predicted molar refractivity (Wildman–Crippen MR) is 113 cm³/mol. The number of thiazole rings is 1. The van der Waals surface area contributed by atoms with Gasteiger partial charge in [0.05, 0.1) is 17.1 Å². The van der Waals surface area contributed by atoms with Crippen LogP contribution < -0.4 is 14.8 Å². The minimum Gasteiger partial charge on any atom is -0.454 e. The van der Waals surface area contributed by atoms with Crippen LogP contribution >= 0.6 is 22.9 Å². The highest BCUT2D eigenvalue weighted by Crippen LogP contribution is 2.36. The number of ether oxygens (including phenoxy) is 2. The van der Waals surface area contributed by atoms with Crippen molar-refractivity contribution in [1.82, 2.24) is 20.0 Å². The number of nitrogens with one attached hydrogen (secondary N) is 1. The molecule has 0 saturated heterocycles. The van der Waals surface area contributed by atoms with E-state index in [1.54, 1.807) is 25.1 Å². The largest absolute Gasteiger partial charge is 0.454 e. The van der Waals surface area contributed by atoms with Gasteiger partial charge in [0.25, 0.3) is 5.91 Å². The van der Waals surface area contributed by atoms with Crippen LogP contribution in [0.5, 0.6) is 11.5 Å². The summed E-state index contributed by atoms with van der Waals surface area (Å²) in [4.78, 5) is 18.6. The van der Waals surface area contributed by atoms with E-state index in [-0.39, 0.29) is 18.4 Å². The van der Waals surface area contributed by atoms with Crippen LogP contribution in [-0.4, -0.2) is 32.7 Å². The molecular formula is C20H14ClN5O3S. The van der Waals surface area contributed by atoms with Gasteiger partial charge in [-0.2, -0.15) is 9.90 Å². The summed E-state index contributed by atoms with van der Waals surface area (Å²) in [6.45, 7) is 1.94. The molecule has 1 amide bonds. The van der Waals surface area contributed by atoms with Crippen LogP contribution in [0.3, 0.4) is 0 Å². The maximum atomic E-state index is 12.7. The van der Waals surface area contributed by atoms with E-state index < -0.39 is 0 Å². The minimum atomic E-state index is -0.382. The lowest BCUT2D eigenvalue weighted by Gasteiger charge is -2.01. The van der Waals surface area contributed by atoms with Crippen molar-refractivity contribution < 1.29 is 14.3 Å². The highest BCUT2D eigenvalue weighted by Gasteiger charge is 2.19. The molecule has 0 bridgehead atoms. The van der Waals surface area contributed by atoms with E-state index in [0.717, 1.165) is 11.3 Å². The zero-order valence-corrected chi connectivity index (χ0v) is 17.2. The topological polar surface area (TPSA) is 91.2 Å². The number of hydrogen-bond acceptors (Lipinski definition) is 7. The van der Waals surface area contributed by atoms with Crippen LogP contribution in [0, 0.1) is 6.92 Å². The molecule has 0 saturated carbocycles. The number of halogens is 1. The molecule has 10 heteroatoms. The maximum absolute atomic E-state index is 12.7. The lowest BCUT2D eigenvalue weighted by Crippen LogP contribution is -2.14. The van der Waals surface area contributed by atoms with Crippen LogP contribution in [0.25, 0.3) is 16.9 Å². The molecule has 0 radical (unpaired) electrons. The minimum absolute atomic E-state index is 0.215. The Balaban J connectivity index is 1.35. The highest BCUT2D eigenvalue weighted by atomic mass is 35.5. The first-order valence-corrected chi connectivity index (χ1v) is 10.2. The van der Waals surface area contributed by atoms with Crippen LogP contribution in [0.15, 0.2) is 47.8 Å². The third-order valence-electron chi connectivity index (χ3n) is 4.43. The Bertz CT molecular complexity index is 1270. The van der Waals surface area contributed by atoms with Gasteiger partial charge in [0.1, 0.15) is 0 Å². The number of hydrogen-bond donors (Lipinski definition) is 1. The van der Waals surface area contributed by atoms with Crippen molar-refractivity contribution in [2.24, 2.45) is 0 Å². The van der Waals surface area contributed by atoms with Gasteiger partial charge >= 0.3 is 0 Å². The van der Waals surface area contributed by atoms with Crippen molar-refractivity contribution in [1.29, 1.82) is 0 Å². The van der Waals surface area contributed by atoms with E-state index in [1.807, 2.05) is 29.6 Å². The van der Waals surface area contributed by atoms with E-state index in [9.17, 15) is 4.79 Å². The molecule has 150 valence electrons. The van der Waals surface area contributed by atoms with Crippen molar-refractivity contribution in [3.63, 3.8) is 0 Å². The second kappa shape index (κ2) is 7.43.